The van der Waals surface area contributed by atoms with Gasteiger partial charge in [0.2, 0.25) is 0 Å². The number of urea groups is 1. The van der Waals surface area contributed by atoms with E-state index in [0.717, 1.165) is 0 Å². The third-order valence-electron chi connectivity index (χ3n) is 5.86. The van der Waals surface area contributed by atoms with Crippen LogP contribution in [0.2, 0.25) is 0 Å². The normalized spacial score (nSPS) is 13.9. The molecule has 3 rings (SSSR count). The summed E-state index contributed by atoms with van der Waals surface area (Å²) in [6.45, 7) is -1.95. The van der Waals surface area contributed by atoms with Gasteiger partial charge < -0.3 is 15.4 Å². The second kappa shape index (κ2) is 12.3. The second-order valence-electron chi connectivity index (χ2n) is 9.08. The molecule has 0 aliphatic heterocycles. The van der Waals surface area contributed by atoms with Crippen LogP contribution in [0.15, 0.2) is 60.7 Å². The molecule has 3 aromatic carbocycles. The molecule has 0 saturated heterocycles. The highest BCUT2D eigenvalue weighted by atomic mass is 19.4. The molecule has 43 heavy (non-hydrogen) atoms. The van der Waals surface area contributed by atoms with Gasteiger partial charge in [0.25, 0.3) is 0 Å². The molecule has 3 aromatic rings. The van der Waals surface area contributed by atoms with E-state index in [1.807, 2.05) is 5.32 Å². The first-order chi connectivity index (χ1) is 19.7. The summed E-state index contributed by atoms with van der Waals surface area (Å²) < 4.78 is 165. The lowest BCUT2D eigenvalue weighted by Crippen LogP contribution is -2.53. The van der Waals surface area contributed by atoms with Crippen molar-refractivity contribution in [2.24, 2.45) is 0 Å². The van der Waals surface area contributed by atoms with Crippen molar-refractivity contribution in [1.82, 2.24) is 10.6 Å². The molecule has 0 bridgehead atoms. The molecule has 2 amide bonds. The van der Waals surface area contributed by atoms with Crippen LogP contribution >= 0.6 is 0 Å². The molecular formula is C26H17BF12N2O2. The third kappa shape index (κ3) is 8.50. The number of hydrogen-bond acceptors (Lipinski definition) is 2. The maximum atomic E-state index is 14.8. The molecule has 2 N–H and O–H groups in total. The first kappa shape index (κ1) is 33.5. The first-order valence-electron chi connectivity index (χ1n) is 11.7. The number of carbonyl (C=O) groups excluding carboxylic acids is 1. The van der Waals surface area contributed by atoms with E-state index < -0.39 is 83.5 Å². The Labute approximate surface area is 236 Å². The summed E-state index contributed by atoms with van der Waals surface area (Å²) in [4.78, 5) is 12.8. The van der Waals surface area contributed by atoms with Gasteiger partial charge in [-0.1, -0.05) is 35.8 Å². The van der Waals surface area contributed by atoms with Crippen LogP contribution in [0.5, 0.6) is 5.75 Å². The van der Waals surface area contributed by atoms with Crippen molar-refractivity contribution in [3.05, 3.63) is 94.6 Å². The monoisotopic (exact) mass is 628 g/mol. The van der Waals surface area contributed by atoms with Gasteiger partial charge in [-0.05, 0) is 41.0 Å². The molecule has 0 fully saturated rings. The van der Waals surface area contributed by atoms with E-state index in [0.29, 0.717) is 24.3 Å². The average molecular weight is 628 g/mol. The predicted octanol–water partition coefficient (Wildman–Crippen LogP) is 6.36. The Bertz CT molecular complexity index is 1450. The quantitative estimate of drug-likeness (QED) is 0.214. The maximum Gasteiger partial charge on any atom is 0.461 e. The molecule has 0 unspecified atom stereocenters. The van der Waals surface area contributed by atoms with Gasteiger partial charge in [0.15, 0.2) is 0 Å². The minimum Gasteiger partial charge on any atom is -0.428 e. The Morgan fingerprint density at radius 2 is 1.47 bits per heavy atom. The van der Waals surface area contributed by atoms with E-state index in [1.165, 1.54) is 29.6 Å². The number of carbonyl (C=O) groups is 1. The van der Waals surface area contributed by atoms with Gasteiger partial charge in [-0.25, -0.2) is 13.6 Å². The zero-order chi connectivity index (χ0) is 32.4. The average Bonchev–Trinajstić information content (AvgIpc) is 2.87. The largest absolute Gasteiger partial charge is 0.461 e. The number of alkyl halides is 10. The van der Waals surface area contributed by atoms with Crippen LogP contribution < -0.4 is 20.8 Å². The topological polar surface area (TPSA) is 50.4 Å². The summed E-state index contributed by atoms with van der Waals surface area (Å²) in [5, 5.41) is 3.42. The van der Waals surface area contributed by atoms with Crippen molar-refractivity contribution in [2.75, 3.05) is 6.54 Å². The van der Waals surface area contributed by atoms with Gasteiger partial charge >= 0.3 is 30.9 Å². The van der Waals surface area contributed by atoms with E-state index in [-0.39, 0.29) is 23.2 Å². The molecule has 2 radical (unpaired) electrons. The lowest BCUT2D eigenvalue weighted by atomic mass is 9.77. The maximum absolute atomic E-state index is 14.8. The number of ether oxygens (including phenoxy) is 1. The Morgan fingerprint density at radius 3 is 2.02 bits per heavy atom. The summed E-state index contributed by atoms with van der Waals surface area (Å²) in [5.41, 5.74) is -5.76. The van der Waals surface area contributed by atoms with Crippen molar-refractivity contribution in [2.45, 2.75) is 36.8 Å². The Hall–Kier alpha value is -4.05. The molecule has 1 atom stereocenters. The fourth-order valence-corrected chi connectivity index (χ4v) is 4.00. The van der Waals surface area contributed by atoms with Crippen LogP contribution in [0.25, 0.3) is 0 Å². The van der Waals surface area contributed by atoms with Crippen LogP contribution in [0, 0.1) is 11.6 Å². The Balaban J connectivity index is 2.35. The molecule has 0 aliphatic rings. The number of halogens is 12. The summed E-state index contributed by atoms with van der Waals surface area (Å²) in [7, 11) is 5.63. The SMILES string of the molecule is [B]c1ccc(C[C@@](NC(=O)NCC(F)(F)F)(c2cc(F)cc(OC(F)(F)C(F)F)c2)c2ccc(F)c(C(F)(F)F)c2)cc1. The van der Waals surface area contributed by atoms with Gasteiger partial charge in [-0.15, -0.1) is 0 Å². The number of benzene rings is 3. The van der Waals surface area contributed by atoms with E-state index in [4.69, 9.17) is 7.85 Å². The molecule has 0 aromatic heterocycles. The molecule has 4 nitrogen and oxygen atoms in total. The number of amides is 2. The second-order valence-corrected chi connectivity index (χ2v) is 9.08. The number of nitrogens with one attached hydrogen (secondary N) is 2. The van der Waals surface area contributed by atoms with Crippen molar-refractivity contribution < 1.29 is 62.2 Å². The van der Waals surface area contributed by atoms with E-state index in [1.54, 1.807) is 0 Å². The molecule has 0 saturated carbocycles. The van der Waals surface area contributed by atoms with Crippen molar-refractivity contribution >= 4 is 19.3 Å². The van der Waals surface area contributed by atoms with Crippen LogP contribution in [0.1, 0.15) is 22.3 Å². The molecule has 230 valence electrons. The van der Waals surface area contributed by atoms with E-state index in [9.17, 15) is 57.5 Å². The summed E-state index contributed by atoms with van der Waals surface area (Å²) in [6, 6.07) is 5.65. The van der Waals surface area contributed by atoms with Gasteiger partial charge in [0.05, 0.1) is 11.1 Å². The van der Waals surface area contributed by atoms with Gasteiger partial charge in [-0.2, -0.15) is 43.9 Å². The molecule has 17 heteroatoms. The molecular weight excluding hydrogens is 611 g/mol. The summed E-state index contributed by atoms with van der Waals surface area (Å²) in [6.07, 6.45) is -20.7. The standard InChI is InChI=1S/C26H17BF12N2O2/c27-16-4-1-13(2-5-16)11-23(41-22(42)40-12-24(32,33)34,14-3-6-20(29)19(9-14)25(35,36)37)15-7-17(28)10-18(8-15)43-26(38,39)21(30)31/h1-10,21H,11-12H2,(H2,40,41,42)/t23-/m0/s1. The molecule has 0 aliphatic carbocycles. The Kier molecular flexibility index (Phi) is 9.56. The van der Waals surface area contributed by atoms with Gasteiger partial charge in [0.1, 0.15) is 31.8 Å². The lowest BCUT2D eigenvalue weighted by Gasteiger charge is -2.37. The van der Waals surface area contributed by atoms with Gasteiger partial charge in [0, 0.05) is 12.5 Å². The van der Waals surface area contributed by atoms with Gasteiger partial charge in [-0.3, -0.25) is 0 Å². The first-order valence-corrected chi connectivity index (χ1v) is 11.7. The fourth-order valence-electron chi connectivity index (χ4n) is 4.00. The van der Waals surface area contributed by atoms with E-state index >= 15 is 0 Å². The smallest absolute Gasteiger partial charge is 0.428 e. The highest BCUT2D eigenvalue weighted by Gasteiger charge is 2.45. The summed E-state index contributed by atoms with van der Waals surface area (Å²) >= 11 is 0. The van der Waals surface area contributed by atoms with Crippen LogP contribution in [0.4, 0.5) is 57.5 Å². The lowest BCUT2D eigenvalue weighted by molar-refractivity contribution is -0.253. The molecule has 0 heterocycles. The van der Waals surface area contributed by atoms with Crippen LogP contribution in [-0.2, 0) is 18.1 Å². The molecule has 0 spiro atoms. The predicted molar refractivity (Wildman–Crippen MR) is 128 cm³/mol. The number of rotatable bonds is 9. The third-order valence-corrected chi connectivity index (χ3v) is 5.86. The summed E-state index contributed by atoms with van der Waals surface area (Å²) in [5.74, 6) is -4.59. The van der Waals surface area contributed by atoms with Crippen LogP contribution in [0.3, 0.4) is 0 Å². The fraction of sp³-hybridized carbons (Fsp3) is 0.269. The number of hydrogen-bond donors (Lipinski definition) is 2. The zero-order valence-corrected chi connectivity index (χ0v) is 21.2. The van der Waals surface area contributed by atoms with Crippen molar-refractivity contribution in [1.29, 1.82) is 0 Å². The highest BCUT2D eigenvalue weighted by molar-refractivity contribution is 6.32. The zero-order valence-electron chi connectivity index (χ0n) is 21.2. The Morgan fingerprint density at radius 1 is 0.837 bits per heavy atom. The van der Waals surface area contributed by atoms with Crippen LogP contribution in [-0.4, -0.2) is 39.1 Å². The van der Waals surface area contributed by atoms with Crippen molar-refractivity contribution in [3.8, 4) is 5.75 Å². The highest BCUT2D eigenvalue weighted by Crippen LogP contribution is 2.40. The minimum absolute atomic E-state index is 0.0767. The van der Waals surface area contributed by atoms with E-state index in [2.05, 4.69) is 4.74 Å². The van der Waals surface area contributed by atoms with Crippen molar-refractivity contribution in [3.63, 3.8) is 0 Å². The minimum atomic E-state index is -5.36.